The average molecular weight is 330 g/mol. The molecule has 132 valence electrons. The molecular weight excluding hydrogens is 300 g/mol. The Hall–Kier alpha value is -1.75. The molecule has 0 spiro atoms. The zero-order valence-electron chi connectivity index (χ0n) is 14.9. The first-order valence-corrected chi connectivity index (χ1v) is 9.21. The molecule has 2 N–H and O–H groups in total. The smallest absolute Gasteiger partial charge is 0.191 e. The van der Waals surface area contributed by atoms with E-state index in [2.05, 4.69) is 41.6 Å². The molecule has 2 aliphatic rings. The van der Waals surface area contributed by atoms with E-state index in [9.17, 15) is 0 Å². The SMILES string of the molecule is CCNC(=NCC1CCCN(C)C1)NC1CCOc2ccccc21. The topological polar surface area (TPSA) is 48.9 Å². The van der Waals surface area contributed by atoms with Gasteiger partial charge in [-0.1, -0.05) is 18.2 Å². The summed E-state index contributed by atoms with van der Waals surface area (Å²) in [6, 6.07) is 8.56. The molecule has 24 heavy (non-hydrogen) atoms. The second-order valence-electron chi connectivity index (χ2n) is 6.86. The van der Waals surface area contributed by atoms with E-state index in [-0.39, 0.29) is 6.04 Å². The Morgan fingerprint density at radius 1 is 1.33 bits per heavy atom. The highest BCUT2D eigenvalue weighted by atomic mass is 16.5. The molecule has 0 radical (unpaired) electrons. The number of nitrogens with one attached hydrogen (secondary N) is 2. The van der Waals surface area contributed by atoms with Gasteiger partial charge in [0.15, 0.2) is 5.96 Å². The van der Waals surface area contributed by atoms with Crippen LogP contribution in [0, 0.1) is 5.92 Å². The van der Waals surface area contributed by atoms with Crippen LogP contribution >= 0.6 is 0 Å². The van der Waals surface area contributed by atoms with Crippen molar-refractivity contribution in [2.75, 3.05) is 39.8 Å². The van der Waals surface area contributed by atoms with Crippen molar-refractivity contribution in [1.82, 2.24) is 15.5 Å². The highest BCUT2D eigenvalue weighted by Gasteiger charge is 2.22. The number of fused-ring (bicyclic) bond motifs is 1. The van der Waals surface area contributed by atoms with Crippen molar-refractivity contribution in [3.05, 3.63) is 29.8 Å². The van der Waals surface area contributed by atoms with Crippen LogP contribution in [0.15, 0.2) is 29.3 Å². The second-order valence-corrected chi connectivity index (χ2v) is 6.86. The summed E-state index contributed by atoms with van der Waals surface area (Å²) in [5.41, 5.74) is 1.23. The molecule has 0 amide bonds. The summed E-state index contributed by atoms with van der Waals surface area (Å²) in [5.74, 6) is 2.58. The minimum Gasteiger partial charge on any atom is -0.493 e. The molecule has 5 heteroatoms. The molecule has 1 aromatic carbocycles. The largest absolute Gasteiger partial charge is 0.493 e. The van der Waals surface area contributed by atoms with Gasteiger partial charge in [0.1, 0.15) is 5.75 Å². The van der Waals surface area contributed by atoms with Gasteiger partial charge in [-0.2, -0.15) is 0 Å². The van der Waals surface area contributed by atoms with E-state index in [4.69, 9.17) is 9.73 Å². The molecule has 1 fully saturated rings. The first-order valence-electron chi connectivity index (χ1n) is 9.21. The summed E-state index contributed by atoms with van der Waals surface area (Å²) in [6.45, 7) is 7.01. The third-order valence-corrected chi connectivity index (χ3v) is 4.84. The maximum absolute atomic E-state index is 5.76. The summed E-state index contributed by atoms with van der Waals surface area (Å²) in [4.78, 5) is 7.28. The summed E-state index contributed by atoms with van der Waals surface area (Å²) < 4.78 is 5.76. The van der Waals surface area contributed by atoms with E-state index in [0.29, 0.717) is 5.92 Å². The minimum atomic E-state index is 0.266. The lowest BCUT2D eigenvalue weighted by atomic mass is 9.99. The number of guanidine groups is 1. The fourth-order valence-electron chi connectivity index (χ4n) is 3.62. The molecule has 0 aliphatic carbocycles. The predicted molar refractivity (Wildman–Crippen MR) is 98.6 cm³/mol. The van der Waals surface area contributed by atoms with E-state index >= 15 is 0 Å². The number of ether oxygens (including phenoxy) is 1. The van der Waals surface area contributed by atoms with Crippen molar-refractivity contribution in [1.29, 1.82) is 0 Å². The van der Waals surface area contributed by atoms with E-state index in [1.165, 1.54) is 24.9 Å². The van der Waals surface area contributed by atoms with Crippen molar-refractivity contribution in [3.8, 4) is 5.75 Å². The Labute approximate surface area is 145 Å². The number of hydrogen-bond acceptors (Lipinski definition) is 3. The fourth-order valence-corrected chi connectivity index (χ4v) is 3.62. The standard InChI is InChI=1S/C19H30N4O/c1-3-20-19(21-13-15-7-6-11-23(2)14-15)22-17-10-12-24-18-9-5-4-8-16(17)18/h4-5,8-9,15,17H,3,6-7,10-14H2,1-2H3,(H2,20,21,22). The zero-order valence-corrected chi connectivity index (χ0v) is 14.9. The number of nitrogens with zero attached hydrogens (tertiary/aromatic N) is 2. The molecule has 0 bridgehead atoms. The van der Waals surface area contributed by atoms with Crippen LogP contribution in [-0.4, -0.2) is 50.7 Å². The molecule has 1 aromatic rings. The molecule has 1 saturated heterocycles. The van der Waals surface area contributed by atoms with Crippen molar-refractivity contribution < 1.29 is 4.74 Å². The third-order valence-electron chi connectivity index (χ3n) is 4.84. The molecule has 2 atom stereocenters. The lowest BCUT2D eigenvalue weighted by molar-refractivity contribution is 0.214. The molecule has 3 rings (SSSR count). The maximum Gasteiger partial charge on any atom is 0.191 e. The van der Waals surface area contributed by atoms with Gasteiger partial charge < -0.3 is 20.3 Å². The van der Waals surface area contributed by atoms with Gasteiger partial charge in [0.25, 0.3) is 0 Å². The van der Waals surface area contributed by atoms with Crippen molar-refractivity contribution in [3.63, 3.8) is 0 Å². The van der Waals surface area contributed by atoms with Gasteiger partial charge >= 0.3 is 0 Å². The van der Waals surface area contributed by atoms with Crippen LogP contribution < -0.4 is 15.4 Å². The Morgan fingerprint density at radius 2 is 2.21 bits per heavy atom. The fraction of sp³-hybridized carbons (Fsp3) is 0.632. The minimum absolute atomic E-state index is 0.266. The first-order chi connectivity index (χ1) is 11.8. The first kappa shape index (κ1) is 17.1. The van der Waals surface area contributed by atoms with Gasteiger partial charge in [0, 0.05) is 31.6 Å². The molecular formula is C19H30N4O. The Morgan fingerprint density at radius 3 is 3.04 bits per heavy atom. The van der Waals surface area contributed by atoms with E-state index in [1.807, 2.05) is 12.1 Å². The molecule has 0 aromatic heterocycles. The molecule has 2 heterocycles. The lowest BCUT2D eigenvalue weighted by Crippen LogP contribution is -2.42. The molecule has 0 saturated carbocycles. The number of likely N-dealkylation sites (tertiary alicyclic amines) is 1. The van der Waals surface area contributed by atoms with Crippen LogP contribution in [0.25, 0.3) is 0 Å². The number of piperidine rings is 1. The quantitative estimate of drug-likeness (QED) is 0.657. The van der Waals surface area contributed by atoms with E-state index in [1.54, 1.807) is 0 Å². The van der Waals surface area contributed by atoms with Gasteiger partial charge in [-0.25, -0.2) is 0 Å². The molecule has 2 unspecified atom stereocenters. The summed E-state index contributed by atoms with van der Waals surface area (Å²) in [6.07, 6.45) is 3.54. The summed E-state index contributed by atoms with van der Waals surface area (Å²) >= 11 is 0. The summed E-state index contributed by atoms with van der Waals surface area (Å²) in [5, 5.41) is 7.01. The number of para-hydroxylation sites is 1. The van der Waals surface area contributed by atoms with Crippen LogP contribution in [0.2, 0.25) is 0 Å². The highest BCUT2D eigenvalue weighted by Crippen LogP contribution is 2.31. The zero-order chi connectivity index (χ0) is 16.8. The molecule has 2 aliphatic heterocycles. The van der Waals surface area contributed by atoms with Gasteiger partial charge in [0.2, 0.25) is 0 Å². The van der Waals surface area contributed by atoms with Crippen LogP contribution in [0.3, 0.4) is 0 Å². The Bertz CT molecular complexity index is 560. The lowest BCUT2D eigenvalue weighted by Gasteiger charge is -2.30. The highest BCUT2D eigenvalue weighted by molar-refractivity contribution is 5.80. The monoisotopic (exact) mass is 330 g/mol. The van der Waals surface area contributed by atoms with Crippen molar-refractivity contribution >= 4 is 5.96 Å². The van der Waals surface area contributed by atoms with Gasteiger partial charge in [-0.15, -0.1) is 0 Å². The van der Waals surface area contributed by atoms with Gasteiger partial charge in [-0.3, -0.25) is 4.99 Å². The van der Waals surface area contributed by atoms with Crippen LogP contribution in [0.4, 0.5) is 0 Å². The maximum atomic E-state index is 5.76. The Kier molecular flexibility index (Phi) is 5.96. The van der Waals surface area contributed by atoms with Crippen molar-refractivity contribution in [2.45, 2.75) is 32.2 Å². The average Bonchev–Trinajstić information content (AvgIpc) is 2.60. The van der Waals surface area contributed by atoms with Crippen LogP contribution in [-0.2, 0) is 0 Å². The second kappa shape index (κ2) is 8.38. The number of benzene rings is 1. The van der Waals surface area contributed by atoms with Crippen molar-refractivity contribution in [2.24, 2.45) is 10.9 Å². The number of rotatable bonds is 4. The van der Waals surface area contributed by atoms with E-state index in [0.717, 1.165) is 44.4 Å². The van der Waals surface area contributed by atoms with E-state index < -0.39 is 0 Å². The third kappa shape index (κ3) is 4.41. The molecule has 5 nitrogen and oxygen atoms in total. The predicted octanol–water partition coefficient (Wildman–Crippen LogP) is 2.41. The number of aliphatic imine (C=N–C) groups is 1. The van der Waals surface area contributed by atoms with Gasteiger partial charge in [0.05, 0.1) is 12.6 Å². The van der Waals surface area contributed by atoms with Crippen LogP contribution in [0.1, 0.15) is 37.8 Å². The summed E-state index contributed by atoms with van der Waals surface area (Å²) in [7, 11) is 2.21. The van der Waals surface area contributed by atoms with Gasteiger partial charge in [-0.05, 0) is 45.3 Å². The van der Waals surface area contributed by atoms with Crippen LogP contribution in [0.5, 0.6) is 5.75 Å². The Balaban J connectivity index is 1.64. The number of hydrogen-bond donors (Lipinski definition) is 2. The normalized spacial score (nSPS) is 24.8.